The van der Waals surface area contributed by atoms with Gasteiger partial charge in [-0.25, -0.2) is 4.98 Å². The molecule has 1 aromatic rings. The van der Waals surface area contributed by atoms with E-state index in [-0.39, 0.29) is 0 Å². The SMILES string of the molecule is N#Cc1cc(N2CCCC3CCCC32)ccn1. The third-order valence-electron chi connectivity index (χ3n) is 4.18. The van der Waals surface area contributed by atoms with Gasteiger partial charge in [0.25, 0.3) is 0 Å². The second-order valence-electron chi connectivity index (χ2n) is 5.11. The van der Waals surface area contributed by atoms with Gasteiger partial charge in [0.05, 0.1) is 0 Å². The van der Waals surface area contributed by atoms with Crippen LogP contribution in [0.4, 0.5) is 5.69 Å². The van der Waals surface area contributed by atoms with Crippen LogP contribution in [0.2, 0.25) is 0 Å². The summed E-state index contributed by atoms with van der Waals surface area (Å²) in [4.78, 5) is 6.55. The largest absolute Gasteiger partial charge is 0.368 e. The van der Waals surface area contributed by atoms with Gasteiger partial charge in [-0.05, 0) is 43.7 Å². The number of aromatic nitrogens is 1. The molecular formula is C14H17N3. The molecule has 0 spiro atoms. The Labute approximate surface area is 102 Å². The number of rotatable bonds is 1. The maximum Gasteiger partial charge on any atom is 0.142 e. The second kappa shape index (κ2) is 4.37. The molecule has 3 rings (SSSR count). The number of nitrogens with zero attached hydrogens (tertiary/aromatic N) is 3. The third kappa shape index (κ3) is 1.88. The van der Waals surface area contributed by atoms with Crippen molar-refractivity contribution in [3.63, 3.8) is 0 Å². The topological polar surface area (TPSA) is 39.9 Å². The number of fused-ring (bicyclic) bond motifs is 1. The second-order valence-corrected chi connectivity index (χ2v) is 5.11. The van der Waals surface area contributed by atoms with Gasteiger partial charge in [0.1, 0.15) is 11.8 Å². The number of pyridine rings is 1. The molecule has 1 saturated heterocycles. The molecule has 88 valence electrons. The highest BCUT2D eigenvalue weighted by Crippen LogP contribution is 2.38. The van der Waals surface area contributed by atoms with Crippen molar-refractivity contribution in [2.45, 2.75) is 38.1 Å². The molecule has 3 heteroatoms. The van der Waals surface area contributed by atoms with Gasteiger partial charge in [0.2, 0.25) is 0 Å². The summed E-state index contributed by atoms with van der Waals surface area (Å²) in [5.41, 5.74) is 1.72. The van der Waals surface area contributed by atoms with E-state index in [9.17, 15) is 0 Å². The van der Waals surface area contributed by atoms with Crippen LogP contribution >= 0.6 is 0 Å². The summed E-state index contributed by atoms with van der Waals surface area (Å²) in [5.74, 6) is 0.877. The van der Waals surface area contributed by atoms with Crippen LogP contribution in [0.15, 0.2) is 18.3 Å². The Morgan fingerprint density at radius 3 is 3.06 bits per heavy atom. The Hall–Kier alpha value is -1.56. The number of piperidine rings is 1. The monoisotopic (exact) mass is 227 g/mol. The van der Waals surface area contributed by atoms with E-state index < -0.39 is 0 Å². The Balaban J connectivity index is 1.89. The molecule has 0 bridgehead atoms. The fraction of sp³-hybridized carbons (Fsp3) is 0.571. The van der Waals surface area contributed by atoms with Crippen LogP contribution in [0.5, 0.6) is 0 Å². The number of hydrogen-bond donors (Lipinski definition) is 0. The molecule has 3 nitrogen and oxygen atoms in total. The van der Waals surface area contributed by atoms with Gasteiger partial charge in [0.15, 0.2) is 0 Å². The minimum atomic E-state index is 0.530. The van der Waals surface area contributed by atoms with Gasteiger partial charge in [-0.2, -0.15) is 5.26 Å². The first-order valence-electron chi connectivity index (χ1n) is 6.51. The number of hydrogen-bond acceptors (Lipinski definition) is 3. The highest BCUT2D eigenvalue weighted by Gasteiger charge is 2.34. The van der Waals surface area contributed by atoms with E-state index in [1.807, 2.05) is 12.1 Å². The van der Waals surface area contributed by atoms with Gasteiger partial charge in [-0.1, -0.05) is 6.42 Å². The van der Waals surface area contributed by atoms with E-state index in [0.29, 0.717) is 11.7 Å². The van der Waals surface area contributed by atoms with E-state index in [1.165, 1.54) is 37.8 Å². The first-order chi connectivity index (χ1) is 8.38. The van der Waals surface area contributed by atoms with Crippen molar-refractivity contribution in [1.82, 2.24) is 4.98 Å². The molecule has 0 radical (unpaired) electrons. The van der Waals surface area contributed by atoms with Crippen LogP contribution in [-0.4, -0.2) is 17.6 Å². The average Bonchev–Trinajstić information content (AvgIpc) is 2.87. The van der Waals surface area contributed by atoms with Gasteiger partial charge >= 0.3 is 0 Å². The lowest BCUT2D eigenvalue weighted by molar-refractivity contribution is 0.362. The molecule has 0 aromatic carbocycles. The zero-order chi connectivity index (χ0) is 11.7. The predicted octanol–water partition coefficient (Wildman–Crippen LogP) is 2.72. The summed E-state index contributed by atoms with van der Waals surface area (Å²) < 4.78 is 0. The maximum atomic E-state index is 8.92. The van der Waals surface area contributed by atoms with Crippen LogP contribution in [-0.2, 0) is 0 Å². The van der Waals surface area contributed by atoms with Crippen LogP contribution in [0.3, 0.4) is 0 Å². The minimum absolute atomic E-state index is 0.530. The molecular weight excluding hydrogens is 210 g/mol. The Morgan fingerprint density at radius 2 is 2.18 bits per heavy atom. The van der Waals surface area contributed by atoms with Crippen molar-refractivity contribution in [3.05, 3.63) is 24.0 Å². The standard InChI is InChI=1S/C14H17N3/c15-10-12-9-13(6-7-16-12)17-8-2-4-11-3-1-5-14(11)17/h6-7,9,11,14H,1-5,8H2. The quantitative estimate of drug-likeness (QED) is 0.740. The van der Waals surface area contributed by atoms with Crippen LogP contribution in [0.25, 0.3) is 0 Å². The van der Waals surface area contributed by atoms with Crippen LogP contribution < -0.4 is 4.90 Å². The summed E-state index contributed by atoms with van der Waals surface area (Å²) in [5, 5.41) is 8.92. The zero-order valence-electron chi connectivity index (χ0n) is 9.97. The van der Waals surface area contributed by atoms with E-state index in [0.717, 1.165) is 12.5 Å². The van der Waals surface area contributed by atoms with Crippen molar-refractivity contribution in [2.24, 2.45) is 5.92 Å². The Morgan fingerprint density at radius 1 is 1.29 bits per heavy atom. The summed E-state index contributed by atoms with van der Waals surface area (Å²) in [7, 11) is 0. The van der Waals surface area contributed by atoms with Crippen molar-refractivity contribution in [3.8, 4) is 6.07 Å². The minimum Gasteiger partial charge on any atom is -0.368 e. The lowest BCUT2D eigenvalue weighted by Gasteiger charge is -2.39. The molecule has 2 aliphatic rings. The van der Waals surface area contributed by atoms with Crippen molar-refractivity contribution in [2.75, 3.05) is 11.4 Å². The maximum absolute atomic E-state index is 8.92. The Kier molecular flexibility index (Phi) is 2.72. The van der Waals surface area contributed by atoms with E-state index in [1.54, 1.807) is 6.20 Å². The molecule has 1 aliphatic carbocycles. The molecule has 2 fully saturated rings. The molecule has 17 heavy (non-hydrogen) atoms. The van der Waals surface area contributed by atoms with Crippen molar-refractivity contribution < 1.29 is 0 Å². The van der Waals surface area contributed by atoms with Gasteiger partial charge in [-0.3, -0.25) is 0 Å². The molecule has 2 atom stereocenters. The fourth-order valence-corrected chi connectivity index (χ4v) is 3.43. The van der Waals surface area contributed by atoms with Gasteiger partial charge in [0, 0.05) is 24.5 Å². The molecule has 2 unspecified atom stereocenters. The van der Waals surface area contributed by atoms with Crippen molar-refractivity contribution >= 4 is 5.69 Å². The number of anilines is 1. The third-order valence-corrected chi connectivity index (χ3v) is 4.18. The highest BCUT2D eigenvalue weighted by molar-refractivity contribution is 5.50. The van der Waals surface area contributed by atoms with E-state index in [4.69, 9.17) is 5.26 Å². The van der Waals surface area contributed by atoms with E-state index in [2.05, 4.69) is 16.0 Å². The fourth-order valence-electron chi connectivity index (χ4n) is 3.43. The first kappa shape index (κ1) is 10.6. The number of nitriles is 1. The summed E-state index contributed by atoms with van der Waals surface area (Å²) in [6.07, 6.45) is 8.49. The highest BCUT2D eigenvalue weighted by atomic mass is 15.2. The predicted molar refractivity (Wildman–Crippen MR) is 66.7 cm³/mol. The molecule has 1 saturated carbocycles. The molecule has 2 heterocycles. The van der Waals surface area contributed by atoms with Crippen molar-refractivity contribution in [1.29, 1.82) is 5.26 Å². The van der Waals surface area contributed by atoms with Gasteiger partial charge < -0.3 is 4.90 Å². The van der Waals surface area contributed by atoms with Crippen LogP contribution in [0, 0.1) is 17.2 Å². The Bertz CT molecular complexity index is 449. The molecule has 1 aliphatic heterocycles. The van der Waals surface area contributed by atoms with Crippen LogP contribution in [0.1, 0.15) is 37.8 Å². The smallest absolute Gasteiger partial charge is 0.142 e. The van der Waals surface area contributed by atoms with E-state index >= 15 is 0 Å². The zero-order valence-corrected chi connectivity index (χ0v) is 9.97. The average molecular weight is 227 g/mol. The first-order valence-corrected chi connectivity index (χ1v) is 6.51. The molecule has 0 amide bonds. The summed E-state index contributed by atoms with van der Waals surface area (Å²) >= 11 is 0. The molecule has 1 aromatic heterocycles. The van der Waals surface area contributed by atoms with Gasteiger partial charge in [-0.15, -0.1) is 0 Å². The summed E-state index contributed by atoms with van der Waals surface area (Å²) in [6.45, 7) is 1.13. The molecule has 0 N–H and O–H groups in total. The normalized spacial score (nSPS) is 27.6. The lowest BCUT2D eigenvalue weighted by Crippen LogP contribution is -2.42. The lowest BCUT2D eigenvalue weighted by atomic mass is 9.91. The summed E-state index contributed by atoms with van der Waals surface area (Å²) in [6, 6.07) is 6.81.